The Bertz CT molecular complexity index is 473. The quantitative estimate of drug-likeness (QED) is 0.470. The summed E-state index contributed by atoms with van der Waals surface area (Å²) in [6.45, 7) is 2.34. The third-order valence-corrected chi connectivity index (χ3v) is 3.83. The van der Waals surface area contributed by atoms with Gasteiger partial charge in [-0.2, -0.15) is 0 Å². The van der Waals surface area contributed by atoms with Crippen molar-refractivity contribution in [2.45, 2.75) is 13.0 Å². The molecule has 0 aliphatic heterocycles. The number of nitrogens with two attached hydrogens (primary N) is 1. The molecule has 0 radical (unpaired) electrons. The molecular formula is C12H20N2O4S. The van der Waals surface area contributed by atoms with Gasteiger partial charge >= 0.3 is 0 Å². The number of anilines is 1. The summed E-state index contributed by atoms with van der Waals surface area (Å²) in [5.41, 5.74) is 6.73. The fourth-order valence-corrected chi connectivity index (χ4v) is 2.32. The summed E-state index contributed by atoms with van der Waals surface area (Å²) >= 11 is 0. The van der Waals surface area contributed by atoms with Crippen LogP contribution in [0.5, 0.6) is 0 Å². The number of hydrogen-bond donors (Lipinski definition) is 3. The highest BCUT2D eigenvalue weighted by Crippen LogP contribution is 2.14. The third kappa shape index (κ3) is 6.02. The van der Waals surface area contributed by atoms with E-state index in [1.807, 2.05) is 0 Å². The third-order valence-electron chi connectivity index (χ3n) is 2.52. The molecule has 0 saturated heterocycles. The topological polar surface area (TPSA) is 102 Å². The summed E-state index contributed by atoms with van der Waals surface area (Å²) in [5.74, 6) is -0.116. The molecule has 1 aromatic carbocycles. The van der Waals surface area contributed by atoms with Crippen molar-refractivity contribution in [1.29, 1.82) is 0 Å². The molecule has 0 bridgehead atoms. The molecule has 1 rings (SSSR count). The molecule has 0 spiro atoms. The Morgan fingerprint density at radius 2 is 2.00 bits per heavy atom. The summed E-state index contributed by atoms with van der Waals surface area (Å²) in [7, 11) is -3.42. The van der Waals surface area contributed by atoms with Gasteiger partial charge in [-0.25, -0.2) is 13.1 Å². The van der Waals surface area contributed by atoms with Crippen LogP contribution in [0.25, 0.3) is 0 Å². The molecule has 0 heterocycles. The molecule has 0 amide bonds. The van der Waals surface area contributed by atoms with Crippen LogP contribution in [0.3, 0.4) is 0 Å². The number of aliphatic hydroxyl groups excluding tert-OH is 1. The predicted octanol–water partition coefficient (Wildman–Crippen LogP) is 0.258. The molecule has 0 aliphatic carbocycles. The van der Waals surface area contributed by atoms with E-state index >= 15 is 0 Å². The monoisotopic (exact) mass is 288 g/mol. The Kier molecular flexibility index (Phi) is 6.23. The maximum atomic E-state index is 11.6. The molecule has 1 unspecified atom stereocenters. The molecule has 1 atom stereocenters. The van der Waals surface area contributed by atoms with Gasteiger partial charge in [0.05, 0.1) is 18.5 Å². The van der Waals surface area contributed by atoms with Crippen LogP contribution in [-0.4, -0.2) is 39.0 Å². The average Bonchev–Trinajstić information content (AvgIpc) is 2.37. The Morgan fingerprint density at radius 1 is 1.37 bits per heavy atom. The lowest BCUT2D eigenvalue weighted by Crippen LogP contribution is -2.32. The van der Waals surface area contributed by atoms with E-state index in [1.165, 1.54) is 0 Å². The van der Waals surface area contributed by atoms with Crippen LogP contribution in [0.1, 0.15) is 18.6 Å². The van der Waals surface area contributed by atoms with Crippen molar-refractivity contribution < 1.29 is 18.3 Å². The SMILES string of the molecule is CCOCCS(=O)(=O)NCC(O)c1ccc(N)cc1. The lowest BCUT2D eigenvalue weighted by Gasteiger charge is -2.12. The van der Waals surface area contributed by atoms with E-state index in [9.17, 15) is 13.5 Å². The number of rotatable bonds is 8. The first-order chi connectivity index (χ1) is 8.94. The first-order valence-electron chi connectivity index (χ1n) is 6.03. The van der Waals surface area contributed by atoms with Gasteiger partial charge in [0.25, 0.3) is 0 Å². The van der Waals surface area contributed by atoms with Gasteiger partial charge in [-0.05, 0) is 24.6 Å². The van der Waals surface area contributed by atoms with Crippen LogP contribution in [0.4, 0.5) is 5.69 Å². The largest absolute Gasteiger partial charge is 0.399 e. The second kappa shape index (κ2) is 7.44. The molecule has 0 aliphatic rings. The standard InChI is InChI=1S/C12H20N2O4S/c1-2-18-7-8-19(16,17)14-9-12(15)10-3-5-11(13)6-4-10/h3-6,12,14-15H,2,7-9,13H2,1H3. The molecule has 0 aromatic heterocycles. The zero-order valence-corrected chi connectivity index (χ0v) is 11.7. The zero-order valence-electron chi connectivity index (χ0n) is 10.9. The predicted molar refractivity (Wildman–Crippen MR) is 74.1 cm³/mol. The molecule has 1 aromatic rings. The van der Waals surface area contributed by atoms with Crippen molar-refractivity contribution in [3.8, 4) is 0 Å². The van der Waals surface area contributed by atoms with Gasteiger partial charge < -0.3 is 15.6 Å². The van der Waals surface area contributed by atoms with Crippen LogP contribution in [-0.2, 0) is 14.8 Å². The smallest absolute Gasteiger partial charge is 0.213 e. The average molecular weight is 288 g/mol. The van der Waals surface area contributed by atoms with Crippen molar-refractivity contribution >= 4 is 15.7 Å². The number of ether oxygens (including phenoxy) is 1. The summed E-state index contributed by atoms with van der Waals surface area (Å²) in [5, 5.41) is 9.85. The van der Waals surface area contributed by atoms with Crippen molar-refractivity contribution in [2.75, 3.05) is 31.2 Å². The zero-order chi connectivity index (χ0) is 14.3. The van der Waals surface area contributed by atoms with Crippen LogP contribution in [0, 0.1) is 0 Å². The maximum Gasteiger partial charge on any atom is 0.213 e. The molecule has 6 nitrogen and oxygen atoms in total. The van der Waals surface area contributed by atoms with Gasteiger partial charge in [-0.15, -0.1) is 0 Å². The van der Waals surface area contributed by atoms with Crippen LogP contribution in [0.15, 0.2) is 24.3 Å². The summed E-state index contributed by atoms with van der Waals surface area (Å²) in [4.78, 5) is 0. The van der Waals surface area contributed by atoms with Crippen molar-refractivity contribution in [3.63, 3.8) is 0 Å². The molecule has 7 heteroatoms. The normalized spacial score (nSPS) is 13.4. The second-order valence-corrected chi connectivity index (χ2v) is 5.97. The van der Waals surface area contributed by atoms with Gasteiger partial charge in [0.2, 0.25) is 10.0 Å². The van der Waals surface area contributed by atoms with Crippen molar-refractivity contribution in [3.05, 3.63) is 29.8 Å². The van der Waals surface area contributed by atoms with Gasteiger partial charge in [0.1, 0.15) is 0 Å². The van der Waals surface area contributed by atoms with E-state index in [1.54, 1.807) is 31.2 Å². The molecular weight excluding hydrogens is 268 g/mol. The number of nitrogens with one attached hydrogen (secondary N) is 1. The molecule has 19 heavy (non-hydrogen) atoms. The Balaban J connectivity index is 2.45. The van der Waals surface area contributed by atoms with E-state index in [2.05, 4.69) is 4.72 Å². The number of benzene rings is 1. The Labute approximate surface area is 113 Å². The van der Waals surface area contributed by atoms with E-state index < -0.39 is 16.1 Å². The molecule has 0 saturated carbocycles. The van der Waals surface area contributed by atoms with E-state index in [4.69, 9.17) is 10.5 Å². The summed E-state index contributed by atoms with van der Waals surface area (Å²) in [6, 6.07) is 6.63. The summed E-state index contributed by atoms with van der Waals surface area (Å²) < 4.78 is 30.5. The fourth-order valence-electron chi connectivity index (χ4n) is 1.43. The Morgan fingerprint density at radius 3 is 2.58 bits per heavy atom. The highest BCUT2D eigenvalue weighted by molar-refractivity contribution is 7.89. The summed E-state index contributed by atoms with van der Waals surface area (Å²) in [6.07, 6.45) is -0.900. The first-order valence-corrected chi connectivity index (χ1v) is 7.68. The van der Waals surface area contributed by atoms with Gasteiger partial charge in [0.15, 0.2) is 0 Å². The fraction of sp³-hybridized carbons (Fsp3) is 0.500. The molecule has 4 N–H and O–H groups in total. The second-order valence-electron chi connectivity index (χ2n) is 4.05. The van der Waals surface area contributed by atoms with E-state index in [-0.39, 0.29) is 18.9 Å². The highest BCUT2D eigenvalue weighted by atomic mass is 32.2. The van der Waals surface area contributed by atoms with E-state index in [0.29, 0.717) is 17.9 Å². The number of hydrogen-bond acceptors (Lipinski definition) is 5. The van der Waals surface area contributed by atoms with Gasteiger partial charge in [-0.1, -0.05) is 12.1 Å². The minimum absolute atomic E-state index is 0.0711. The van der Waals surface area contributed by atoms with Crippen molar-refractivity contribution in [2.24, 2.45) is 0 Å². The molecule has 108 valence electrons. The van der Waals surface area contributed by atoms with Crippen molar-refractivity contribution in [1.82, 2.24) is 4.72 Å². The lowest BCUT2D eigenvalue weighted by atomic mass is 10.1. The van der Waals surface area contributed by atoms with Crippen LogP contribution >= 0.6 is 0 Å². The number of sulfonamides is 1. The highest BCUT2D eigenvalue weighted by Gasteiger charge is 2.14. The van der Waals surface area contributed by atoms with E-state index in [0.717, 1.165) is 0 Å². The van der Waals surface area contributed by atoms with Crippen LogP contribution < -0.4 is 10.5 Å². The van der Waals surface area contributed by atoms with Gasteiger partial charge in [-0.3, -0.25) is 0 Å². The maximum absolute atomic E-state index is 11.6. The lowest BCUT2D eigenvalue weighted by molar-refractivity contribution is 0.162. The molecule has 0 fully saturated rings. The minimum Gasteiger partial charge on any atom is -0.399 e. The number of nitrogen functional groups attached to an aromatic ring is 1. The first kappa shape index (κ1) is 15.9. The minimum atomic E-state index is -3.42. The van der Waals surface area contributed by atoms with Crippen LogP contribution in [0.2, 0.25) is 0 Å². The van der Waals surface area contributed by atoms with Gasteiger partial charge in [0, 0.05) is 18.8 Å². The number of aliphatic hydroxyl groups is 1. The Hall–Kier alpha value is -1.15.